The molecule has 166 valence electrons. The highest BCUT2D eigenvalue weighted by atomic mass is 19.1. The fourth-order valence-electron chi connectivity index (χ4n) is 3.28. The Kier molecular flexibility index (Phi) is 7.16. The van der Waals surface area contributed by atoms with Crippen LogP contribution in [0.2, 0.25) is 0 Å². The highest BCUT2D eigenvalue weighted by Gasteiger charge is 2.32. The van der Waals surface area contributed by atoms with Gasteiger partial charge in [0.1, 0.15) is 12.4 Å². The van der Waals surface area contributed by atoms with E-state index in [-0.39, 0.29) is 42.5 Å². The lowest BCUT2D eigenvalue weighted by atomic mass is 10.2. The molecule has 1 aliphatic rings. The average Bonchev–Trinajstić information content (AvgIpc) is 3.06. The van der Waals surface area contributed by atoms with Crippen LogP contribution in [0.15, 0.2) is 47.4 Å². The van der Waals surface area contributed by atoms with Crippen molar-refractivity contribution in [1.29, 1.82) is 0 Å². The highest BCUT2D eigenvalue weighted by Crippen LogP contribution is 2.18. The SMILES string of the molecule is CN(C)C(=O)CO[C@H]1CN(CC(=O)Nc2ccc(-n3ccccc3=O)cc2F)C[C@@H]1N. The number of nitrogens with one attached hydrogen (secondary N) is 1. The number of aromatic nitrogens is 1. The molecule has 2 amide bonds. The number of amides is 2. The van der Waals surface area contributed by atoms with Crippen molar-refractivity contribution in [3.05, 3.63) is 58.8 Å². The number of carbonyl (C=O) groups is 2. The molecule has 0 aliphatic carbocycles. The fourth-order valence-corrected chi connectivity index (χ4v) is 3.28. The molecule has 10 heteroatoms. The number of rotatable bonds is 7. The molecule has 0 spiro atoms. The van der Waals surface area contributed by atoms with Gasteiger partial charge < -0.3 is 20.7 Å². The van der Waals surface area contributed by atoms with E-state index in [0.717, 1.165) is 0 Å². The lowest BCUT2D eigenvalue weighted by molar-refractivity contribution is -0.135. The van der Waals surface area contributed by atoms with Gasteiger partial charge in [0.2, 0.25) is 11.8 Å². The quantitative estimate of drug-likeness (QED) is 0.640. The van der Waals surface area contributed by atoms with E-state index in [4.69, 9.17) is 10.5 Å². The number of hydrogen-bond acceptors (Lipinski definition) is 6. The minimum absolute atomic E-state index is 0.00845. The number of hydrogen-bond donors (Lipinski definition) is 2. The van der Waals surface area contributed by atoms with Crippen molar-refractivity contribution in [2.75, 3.05) is 45.7 Å². The molecule has 2 aromatic rings. The number of ether oxygens (including phenoxy) is 1. The second-order valence-corrected chi connectivity index (χ2v) is 7.62. The van der Waals surface area contributed by atoms with Crippen LogP contribution in [0.4, 0.5) is 10.1 Å². The van der Waals surface area contributed by atoms with E-state index < -0.39 is 11.7 Å². The second kappa shape index (κ2) is 9.82. The summed E-state index contributed by atoms with van der Waals surface area (Å²) in [5.41, 5.74) is 6.15. The summed E-state index contributed by atoms with van der Waals surface area (Å²) in [6.45, 7) is 0.752. The van der Waals surface area contributed by atoms with Gasteiger partial charge in [-0.3, -0.25) is 23.9 Å². The van der Waals surface area contributed by atoms with Crippen LogP contribution in [0.3, 0.4) is 0 Å². The van der Waals surface area contributed by atoms with Gasteiger partial charge in [0.05, 0.1) is 24.0 Å². The summed E-state index contributed by atoms with van der Waals surface area (Å²) in [5.74, 6) is -1.22. The van der Waals surface area contributed by atoms with Crippen molar-refractivity contribution >= 4 is 17.5 Å². The Bertz CT molecular complexity index is 1010. The van der Waals surface area contributed by atoms with Crippen LogP contribution >= 0.6 is 0 Å². The van der Waals surface area contributed by atoms with Crippen molar-refractivity contribution in [3.8, 4) is 5.69 Å². The summed E-state index contributed by atoms with van der Waals surface area (Å²) < 4.78 is 21.4. The molecule has 0 bridgehead atoms. The Morgan fingerprint density at radius 1 is 1.26 bits per heavy atom. The zero-order valence-corrected chi connectivity index (χ0v) is 17.5. The maximum Gasteiger partial charge on any atom is 0.255 e. The van der Waals surface area contributed by atoms with Gasteiger partial charge in [0.25, 0.3) is 5.56 Å². The summed E-state index contributed by atoms with van der Waals surface area (Å²) in [6, 6.07) is 8.47. The Labute approximate surface area is 179 Å². The molecule has 1 aliphatic heterocycles. The number of nitrogens with two attached hydrogens (primary N) is 1. The Balaban J connectivity index is 1.56. The van der Waals surface area contributed by atoms with Gasteiger partial charge in [-0.15, -0.1) is 0 Å². The van der Waals surface area contributed by atoms with E-state index in [0.29, 0.717) is 18.8 Å². The minimum Gasteiger partial charge on any atom is -0.365 e. The number of nitrogens with zero attached hydrogens (tertiary/aromatic N) is 3. The maximum absolute atomic E-state index is 14.5. The molecule has 2 heterocycles. The Morgan fingerprint density at radius 3 is 2.71 bits per heavy atom. The zero-order chi connectivity index (χ0) is 22.5. The first-order valence-corrected chi connectivity index (χ1v) is 9.81. The predicted molar refractivity (Wildman–Crippen MR) is 113 cm³/mol. The fraction of sp³-hybridized carbons (Fsp3) is 0.381. The number of pyridine rings is 1. The number of carbonyl (C=O) groups excluding carboxylic acids is 2. The predicted octanol–water partition coefficient (Wildman–Crippen LogP) is 0.0314. The van der Waals surface area contributed by atoms with Gasteiger partial charge in [0.15, 0.2) is 0 Å². The Hall–Kier alpha value is -3.08. The summed E-state index contributed by atoms with van der Waals surface area (Å²) in [7, 11) is 3.28. The van der Waals surface area contributed by atoms with Crippen LogP contribution in [0, 0.1) is 5.82 Å². The first-order chi connectivity index (χ1) is 14.7. The van der Waals surface area contributed by atoms with Crippen molar-refractivity contribution in [3.63, 3.8) is 0 Å². The number of halogens is 1. The zero-order valence-electron chi connectivity index (χ0n) is 17.5. The summed E-state index contributed by atoms with van der Waals surface area (Å²) in [5, 5.41) is 2.54. The number of likely N-dealkylation sites (tertiary alicyclic amines) is 1. The molecule has 9 nitrogen and oxygen atoms in total. The van der Waals surface area contributed by atoms with Crippen LogP contribution in [-0.4, -0.2) is 78.7 Å². The van der Waals surface area contributed by atoms with Gasteiger partial charge in [-0.25, -0.2) is 4.39 Å². The van der Waals surface area contributed by atoms with E-state index in [1.807, 2.05) is 0 Å². The number of benzene rings is 1. The molecular weight excluding hydrogens is 405 g/mol. The van der Waals surface area contributed by atoms with E-state index in [2.05, 4.69) is 5.32 Å². The molecule has 31 heavy (non-hydrogen) atoms. The second-order valence-electron chi connectivity index (χ2n) is 7.62. The van der Waals surface area contributed by atoms with Gasteiger partial charge >= 0.3 is 0 Å². The third kappa shape index (κ3) is 5.75. The monoisotopic (exact) mass is 431 g/mol. The largest absolute Gasteiger partial charge is 0.365 e. The molecule has 0 unspecified atom stereocenters. The molecule has 3 rings (SSSR count). The van der Waals surface area contributed by atoms with Crippen LogP contribution in [0.25, 0.3) is 5.69 Å². The van der Waals surface area contributed by atoms with Gasteiger partial charge in [-0.05, 0) is 18.2 Å². The topological polar surface area (TPSA) is 110 Å². The summed E-state index contributed by atoms with van der Waals surface area (Å²) in [6.07, 6.45) is 1.17. The van der Waals surface area contributed by atoms with E-state index in [1.165, 1.54) is 33.9 Å². The van der Waals surface area contributed by atoms with Crippen molar-refractivity contribution in [1.82, 2.24) is 14.4 Å². The summed E-state index contributed by atoms with van der Waals surface area (Å²) >= 11 is 0. The van der Waals surface area contributed by atoms with Crippen molar-refractivity contribution < 1.29 is 18.7 Å². The molecule has 3 N–H and O–H groups in total. The molecule has 0 radical (unpaired) electrons. The number of likely N-dealkylation sites (N-methyl/N-ethyl adjacent to an activating group) is 1. The van der Waals surface area contributed by atoms with Crippen LogP contribution in [0.1, 0.15) is 0 Å². The third-order valence-electron chi connectivity index (χ3n) is 5.00. The third-order valence-corrected chi connectivity index (χ3v) is 5.00. The normalized spacial score (nSPS) is 18.7. The molecule has 1 aromatic heterocycles. The first-order valence-electron chi connectivity index (χ1n) is 9.81. The molecule has 1 saturated heterocycles. The summed E-state index contributed by atoms with van der Waals surface area (Å²) in [4.78, 5) is 39.1. The lowest BCUT2D eigenvalue weighted by Crippen LogP contribution is -2.38. The van der Waals surface area contributed by atoms with Crippen LogP contribution in [-0.2, 0) is 14.3 Å². The van der Waals surface area contributed by atoms with Crippen molar-refractivity contribution in [2.45, 2.75) is 12.1 Å². The molecule has 2 atom stereocenters. The minimum atomic E-state index is -0.650. The average molecular weight is 431 g/mol. The van der Waals surface area contributed by atoms with Crippen LogP contribution < -0.4 is 16.6 Å². The standard InChI is InChI=1S/C21H26FN5O4/c1-25(2)21(30)13-31-18-11-26(10-16(18)23)12-19(28)24-17-7-6-14(9-15(17)22)27-8-4-3-5-20(27)29/h3-9,16,18H,10-13,23H2,1-2H3,(H,24,28)/t16-,18-/m0/s1. The molecular formula is C21H26FN5O4. The van der Waals surface area contributed by atoms with Crippen LogP contribution in [0.5, 0.6) is 0 Å². The molecule has 1 fully saturated rings. The first kappa shape index (κ1) is 22.6. The van der Waals surface area contributed by atoms with E-state index >= 15 is 0 Å². The Morgan fingerprint density at radius 2 is 2.03 bits per heavy atom. The van der Waals surface area contributed by atoms with E-state index in [1.54, 1.807) is 37.2 Å². The number of anilines is 1. The van der Waals surface area contributed by atoms with Gasteiger partial charge in [-0.1, -0.05) is 6.07 Å². The molecule has 0 saturated carbocycles. The van der Waals surface area contributed by atoms with E-state index in [9.17, 15) is 18.8 Å². The van der Waals surface area contributed by atoms with Gasteiger partial charge in [0, 0.05) is 51.6 Å². The smallest absolute Gasteiger partial charge is 0.255 e. The van der Waals surface area contributed by atoms with Crippen molar-refractivity contribution in [2.24, 2.45) is 5.73 Å². The van der Waals surface area contributed by atoms with Gasteiger partial charge in [-0.2, -0.15) is 0 Å². The maximum atomic E-state index is 14.5. The lowest BCUT2D eigenvalue weighted by Gasteiger charge is -2.17. The molecule has 1 aromatic carbocycles. The highest BCUT2D eigenvalue weighted by molar-refractivity contribution is 5.92.